The minimum absolute atomic E-state index is 0.379. The third-order valence-electron chi connectivity index (χ3n) is 4.53. The van der Waals surface area contributed by atoms with Crippen molar-refractivity contribution in [2.75, 3.05) is 14.2 Å². The van der Waals surface area contributed by atoms with Gasteiger partial charge in [0.15, 0.2) is 11.5 Å². The van der Waals surface area contributed by atoms with Crippen molar-refractivity contribution in [2.24, 2.45) is 0 Å². The third-order valence-corrected chi connectivity index (χ3v) is 4.53. The molecule has 2 heterocycles. The van der Waals surface area contributed by atoms with Gasteiger partial charge in [0.25, 0.3) is 0 Å². The molecule has 3 rings (SSSR count). The quantitative estimate of drug-likeness (QED) is 0.854. The molecule has 0 bridgehead atoms. The Morgan fingerprint density at radius 1 is 1.14 bits per heavy atom. The maximum absolute atomic E-state index is 12.0. The maximum Gasteiger partial charge on any atom is 0.357 e. The van der Waals surface area contributed by atoms with Crippen LogP contribution in [0.5, 0.6) is 0 Å². The Morgan fingerprint density at radius 2 is 1.90 bits per heavy atom. The predicted octanol–water partition coefficient (Wildman–Crippen LogP) is 1.67. The van der Waals surface area contributed by atoms with Crippen LogP contribution in [-0.4, -0.2) is 30.2 Å². The van der Waals surface area contributed by atoms with Gasteiger partial charge in [0, 0.05) is 25.8 Å². The Morgan fingerprint density at radius 3 is 2.57 bits per heavy atom. The molecule has 0 saturated heterocycles. The van der Waals surface area contributed by atoms with E-state index in [1.54, 1.807) is 7.11 Å². The summed E-state index contributed by atoms with van der Waals surface area (Å²) in [5.41, 5.74) is 1.66. The lowest BCUT2D eigenvalue weighted by Gasteiger charge is -2.34. The number of rotatable bonds is 3. The van der Waals surface area contributed by atoms with Crippen molar-refractivity contribution < 1.29 is 14.3 Å². The van der Waals surface area contributed by atoms with Crippen molar-refractivity contribution in [3.63, 3.8) is 0 Å². The summed E-state index contributed by atoms with van der Waals surface area (Å²) in [6, 6.07) is 0. The number of nitrogens with one attached hydrogen (secondary N) is 1. The molecule has 2 aliphatic rings. The first-order valence-electron chi connectivity index (χ1n) is 7.44. The van der Waals surface area contributed by atoms with Gasteiger partial charge in [-0.25, -0.2) is 14.8 Å². The number of hydrogen-bond donors (Lipinski definition) is 1. The summed E-state index contributed by atoms with van der Waals surface area (Å²) in [5.74, 6) is 0.230. The van der Waals surface area contributed by atoms with Crippen molar-refractivity contribution in [1.29, 1.82) is 0 Å². The zero-order chi connectivity index (χ0) is 14.9. The average molecular weight is 291 g/mol. The molecule has 1 aliphatic heterocycles. The molecule has 114 valence electrons. The zero-order valence-corrected chi connectivity index (χ0v) is 12.6. The average Bonchev–Trinajstić information content (AvgIpc) is 3.02. The van der Waals surface area contributed by atoms with E-state index in [-0.39, 0.29) is 0 Å². The summed E-state index contributed by atoms with van der Waals surface area (Å²) in [4.78, 5) is 21.2. The highest BCUT2D eigenvalue weighted by atomic mass is 16.5. The molecule has 6 heteroatoms. The maximum atomic E-state index is 12.0. The fourth-order valence-corrected chi connectivity index (χ4v) is 3.28. The molecule has 1 N–H and O–H groups in total. The van der Waals surface area contributed by atoms with E-state index in [9.17, 15) is 4.79 Å². The Bertz CT molecular complexity index is 553. The van der Waals surface area contributed by atoms with Crippen LogP contribution in [-0.2, 0) is 28.2 Å². The number of methoxy groups -OCH3 is 2. The lowest BCUT2D eigenvalue weighted by atomic mass is 9.83. The third kappa shape index (κ3) is 2.42. The predicted molar refractivity (Wildman–Crippen MR) is 75.7 cm³/mol. The van der Waals surface area contributed by atoms with Crippen LogP contribution in [0, 0.1) is 0 Å². The number of nitrogens with zero attached hydrogens (tertiary/aromatic N) is 2. The van der Waals surface area contributed by atoms with Gasteiger partial charge in [-0.15, -0.1) is 0 Å². The van der Waals surface area contributed by atoms with E-state index in [0.717, 1.165) is 36.9 Å². The monoisotopic (exact) mass is 291 g/mol. The van der Waals surface area contributed by atoms with E-state index in [1.807, 2.05) is 0 Å². The molecule has 0 radical (unpaired) electrons. The first-order valence-corrected chi connectivity index (χ1v) is 7.44. The van der Waals surface area contributed by atoms with Crippen LogP contribution >= 0.6 is 0 Å². The van der Waals surface area contributed by atoms with Crippen molar-refractivity contribution >= 4 is 5.97 Å². The Kier molecular flexibility index (Phi) is 3.91. The molecular formula is C15H21N3O3. The van der Waals surface area contributed by atoms with Gasteiger partial charge in [0.05, 0.1) is 12.8 Å². The normalized spacial score (nSPS) is 20.1. The Balaban J connectivity index is 2.08. The second-order valence-corrected chi connectivity index (χ2v) is 5.68. The molecule has 0 spiro atoms. The van der Waals surface area contributed by atoms with Crippen molar-refractivity contribution in [2.45, 2.75) is 50.8 Å². The van der Waals surface area contributed by atoms with Crippen molar-refractivity contribution in [3.05, 3.63) is 22.8 Å². The van der Waals surface area contributed by atoms with E-state index in [1.165, 1.54) is 13.5 Å². The molecule has 0 aromatic carbocycles. The number of esters is 1. The fourth-order valence-electron chi connectivity index (χ4n) is 3.28. The second-order valence-electron chi connectivity index (χ2n) is 5.68. The van der Waals surface area contributed by atoms with Crippen LogP contribution in [0.3, 0.4) is 0 Å². The van der Waals surface area contributed by atoms with E-state index in [0.29, 0.717) is 24.6 Å². The lowest BCUT2D eigenvalue weighted by molar-refractivity contribution is -0.0517. The van der Waals surface area contributed by atoms with E-state index < -0.39 is 11.6 Å². The highest BCUT2D eigenvalue weighted by Crippen LogP contribution is 2.39. The fraction of sp³-hybridized carbons (Fsp3) is 0.667. The molecule has 0 amide bonds. The molecule has 1 fully saturated rings. The van der Waals surface area contributed by atoms with Crippen LogP contribution in [0.2, 0.25) is 0 Å². The van der Waals surface area contributed by atoms with Crippen LogP contribution in [0.25, 0.3) is 0 Å². The number of ether oxygens (including phenoxy) is 2. The summed E-state index contributed by atoms with van der Waals surface area (Å²) in [6.07, 6.45) is 5.20. The number of carbonyl (C=O) groups excluding carboxylic acids is 1. The highest BCUT2D eigenvalue weighted by molar-refractivity contribution is 5.89. The molecule has 1 aliphatic carbocycles. The van der Waals surface area contributed by atoms with Gasteiger partial charge in [-0.1, -0.05) is 19.3 Å². The van der Waals surface area contributed by atoms with Gasteiger partial charge >= 0.3 is 5.97 Å². The number of carbonyl (C=O) groups is 1. The second kappa shape index (κ2) is 5.69. The van der Waals surface area contributed by atoms with Crippen LogP contribution in [0.15, 0.2) is 0 Å². The highest BCUT2D eigenvalue weighted by Gasteiger charge is 2.39. The van der Waals surface area contributed by atoms with E-state index in [2.05, 4.69) is 10.3 Å². The molecular weight excluding hydrogens is 270 g/mol. The van der Waals surface area contributed by atoms with Gasteiger partial charge in [-0.05, 0) is 12.8 Å². The number of hydrogen-bond acceptors (Lipinski definition) is 6. The zero-order valence-electron chi connectivity index (χ0n) is 12.6. The summed E-state index contributed by atoms with van der Waals surface area (Å²) in [5, 5.41) is 3.22. The summed E-state index contributed by atoms with van der Waals surface area (Å²) >= 11 is 0. The minimum atomic E-state index is -0.460. The molecule has 1 saturated carbocycles. The van der Waals surface area contributed by atoms with Crippen LogP contribution < -0.4 is 5.32 Å². The topological polar surface area (TPSA) is 73.3 Å². The first kappa shape index (κ1) is 14.4. The summed E-state index contributed by atoms with van der Waals surface area (Å²) < 4.78 is 10.7. The first-order chi connectivity index (χ1) is 10.2. The van der Waals surface area contributed by atoms with Gasteiger partial charge in [-0.2, -0.15) is 0 Å². The van der Waals surface area contributed by atoms with Crippen molar-refractivity contribution in [3.8, 4) is 0 Å². The summed E-state index contributed by atoms with van der Waals surface area (Å²) in [7, 11) is 3.09. The van der Waals surface area contributed by atoms with Crippen molar-refractivity contribution in [1.82, 2.24) is 15.3 Å². The number of fused-ring (bicyclic) bond motifs is 1. The Labute approximate surface area is 124 Å². The molecule has 6 nitrogen and oxygen atoms in total. The largest absolute Gasteiger partial charge is 0.464 e. The van der Waals surface area contributed by atoms with Crippen LogP contribution in [0.4, 0.5) is 0 Å². The van der Waals surface area contributed by atoms with Gasteiger partial charge in [0.2, 0.25) is 0 Å². The van der Waals surface area contributed by atoms with E-state index in [4.69, 9.17) is 14.5 Å². The number of aromatic nitrogens is 2. The molecule has 0 atom stereocenters. The van der Waals surface area contributed by atoms with Gasteiger partial charge in [-0.3, -0.25) is 0 Å². The van der Waals surface area contributed by atoms with Gasteiger partial charge in [0.1, 0.15) is 5.60 Å². The van der Waals surface area contributed by atoms with E-state index >= 15 is 0 Å². The molecule has 0 unspecified atom stereocenters. The van der Waals surface area contributed by atoms with Crippen LogP contribution in [0.1, 0.15) is 59.7 Å². The smallest absolute Gasteiger partial charge is 0.357 e. The summed E-state index contributed by atoms with van der Waals surface area (Å²) in [6.45, 7) is 1.27. The molecule has 21 heavy (non-hydrogen) atoms. The SMILES string of the molecule is COC(=O)c1nc(C2(OC)CCCCC2)nc2c1CNC2. The lowest BCUT2D eigenvalue weighted by Crippen LogP contribution is -2.34. The van der Waals surface area contributed by atoms with Gasteiger partial charge < -0.3 is 14.8 Å². The molecule has 1 aromatic rings. The minimum Gasteiger partial charge on any atom is -0.464 e. The Hall–Kier alpha value is -1.53. The molecule has 1 aromatic heterocycles. The standard InChI is InChI=1S/C15H21N3O3/c1-20-13(19)12-10-8-16-9-11(10)17-14(18-12)15(21-2)6-4-3-5-7-15/h16H,3-9H2,1-2H3.